The normalized spacial score (nSPS) is 17.4. The summed E-state index contributed by atoms with van der Waals surface area (Å²) >= 11 is 0. The van der Waals surface area contributed by atoms with Gasteiger partial charge >= 0.3 is 0 Å². The molecule has 1 aliphatic heterocycles. The van der Waals surface area contributed by atoms with Gasteiger partial charge in [-0.15, -0.1) is 24.8 Å². The number of nitrogens with two attached hydrogens (primary N) is 1. The molecule has 1 aromatic rings. The second-order valence-electron chi connectivity index (χ2n) is 6.87. The van der Waals surface area contributed by atoms with Crippen molar-refractivity contribution in [2.45, 2.75) is 58.7 Å². The van der Waals surface area contributed by atoms with Crippen LogP contribution in [0, 0.1) is 5.92 Å². The predicted octanol–water partition coefficient (Wildman–Crippen LogP) is 3.51. The highest BCUT2D eigenvalue weighted by Crippen LogP contribution is 2.14. The van der Waals surface area contributed by atoms with E-state index in [0.717, 1.165) is 12.1 Å². The highest BCUT2D eigenvalue weighted by atomic mass is 35.5. The van der Waals surface area contributed by atoms with Crippen molar-refractivity contribution in [1.82, 2.24) is 10.2 Å². The Morgan fingerprint density at radius 1 is 1.04 bits per heavy atom. The molecule has 0 aromatic heterocycles. The number of likely N-dealkylation sites (tertiary alicyclic amines) is 1. The topological polar surface area (TPSA) is 58.4 Å². The molecule has 1 aliphatic rings. The maximum Gasteiger partial charge on any atom is 0.224 e. The molecule has 2 atom stereocenters. The molecule has 1 saturated heterocycles. The maximum atomic E-state index is 11.9. The molecule has 1 aromatic carbocycles. The third-order valence-corrected chi connectivity index (χ3v) is 4.80. The number of hydrogen-bond acceptors (Lipinski definition) is 3. The van der Waals surface area contributed by atoms with Crippen LogP contribution >= 0.6 is 24.8 Å². The third kappa shape index (κ3) is 8.41. The highest BCUT2D eigenvalue weighted by molar-refractivity contribution is 5.85. The second kappa shape index (κ2) is 12.5. The van der Waals surface area contributed by atoms with Gasteiger partial charge in [-0.1, -0.05) is 44.0 Å². The van der Waals surface area contributed by atoms with Crippen LogP contribution in [-0.4, -0.2) is 29.9 Å². The van der Waals surface area contributed by atoms with Crippen LogP contribution in [-0.2, 0) is 17.9 Å². The Hall–Kier alpha value is -0.810. The summed E-state index contributed by atoms with van der Waals surface area (Å²) in [5.41, 5.74) is 8.25. The summed E-state index contributed by atoms with van der Waals surface area (Å²) in [4.78, 5) is 14.5. The standard InChI is InChI=1S/C19H31N3O.2ClH/c1-15(16(2)20)19(23)21-13-17-7-9-18(10-8-17)14-22-11-5-3-4-6-12-22;;/h7-10,15-16H,3-6,11-14,20H2,1-2H3,(H,21,23);2*1H. The SMILES string of the molecule is CC(N)C(C)C(=O)NCc1ccc(CN2CCCCCC2)cc1.Cl.Cl. The molecule has 0 bridgehead atoms. The van der Waals surface area contributed by atoms with Gasteiger partial charge in [-0.3, -0.25) is 9.69 Å². The van der Waals surface area contributed by atoms with Crippen LogP contribution in [0.5, 0.6) is 0 Å². The van der Waals surface area contributed by atoms with E-state index in [0.29, 0.717) is 6.54 Å². The fourth-order valence-electron chi connectivity index (χ4n) is 2.90. The first-order chi connectivity index (χ1) is 11.1. The zero-order valence-electron chi connectivity index (χ0n) is 15.4. The van der Waals surface area contributed by atoms with E-state index < -0.39 is 0 Å². The average molecular weight is 390 g/mol. The van der Waals surface area contributed by atoms with Gasteiger partial charge in [0, 0.05) is 25.0 Å². The Morgan fingerprint density at radius 2 is 1.56 bits per heavy atom. The van der Waals surface area contributed by atoms with E-state index in [2.05, 4.69) is 34.5 Å². The Bertz CT molecular complexity index is 486. The lowest BCUT2D eigenvalue weighted by Crippen LogP contribution is -2.38. The van der Waals surface area contributed by atoms with Crippen molar-refractivity contribution in [3.05, 3.63) is 35.4 Å². The molecular weight excluding hydrogens is 357 g/mol. The van der Waals surface area contributed by atoms with Crippen molar-refractivity contribution in [3.8, 4) is 0 Å². The molecule has 0 spiro atoms. The molecule has 1 heterocycles. The van der Waals surface area contributed by atoms with Gasteiger partial charge in [-0.05, 0) is 44.0 Å². The van der Waals surface area contributed by atoms with Crippen LogP contribution in [0.2, 0.25) is 0 Å². The molecule has 0 aliphatic carbocycles. The lowest BCUT2D eigenvalue weighted by molar-refractivity contribution is -0.125. The number of nitrogens with zero attached hydrogens (tertiary/aromatic N) is 1. The quantitative estimate of drug-likeness (QED) is 0.782. The minimum atomic E-state index is -0.155. The van der Waals surface area contributed by atoms with E-state index in [-0.39, 0.29) is 42.7 Å². The third-order valence-electron chi connectivity index (χ3n) is 4.80. The van der Waals surface area contributed by atoms with E-state index in [9.17, 15) is 4.79 Å². The monoisotopic (exact) mass is 389 g/mol. The number of rotatable bonds is 6. The van der Waals surface area contributed by atoms with Gasteiger partial charge in [0.25, 0.3) is 0 Å². The van der Waals surface area contributed by atoms with Gasteiger partial charge in [0.15, 0.2) is 0 Å². The van der Waals surface area contributed by atoms with Crippen LogP contribution in [0.4, 0.5) is 0 Å². The van der Waals surface area contributed by atoms with Crippen LogP contribution in [0.1, 0.15) is 50.7 Å². The summed E-state index contributed by atoms with van der Waals surface area (Å²) in [5.74, 6) is -0.133. The molecule has 2 rings (SSSR count). The molecule has 0 saturated carbocycles. The molecule has 2 unspecified atom stereocenters. The highest BCUT2D eigenvalue weighted by Gasteiger charge is 2.16. The smallest absolute Gasteiger partial charge is 0.224 e. The second-order valence-corrected chi connectivity index (χ2v) is 6.87. The van der Waals surface area contributed by atoms with E-state index in [1.165, 1.54) is 44.3 Å². The fourth-order valence-corrected chi connectivity index (χ4v) is 2.90. The molecule has 4 nitrogen and oxygen atoms in total. The first-order valence-electron chi connectivity index (χ1n) is 8.89. The van der Waals surface area contributed by atoms with Crippen molar-refractivity contribution in [3.63, 3.8) is 0 Å². The fraction of sp³-hybridized carbons (Fsp3) is 0.632. The number of carbonyl (C=O) groups excluding carboxylic acids is 1. The van der Waals surface area contributed by atoms with Crippen molar-refractivity contribution < 1.29 is 4.79 Å². The molecular formula is C19H33Cl2N3O. The Kier molecular flexibility index (Phi) is 12.1. The lowest BCUT2D eigenvalue weighted by Gasteiger charge is -2.20. The number of amides is 1. The average Bonchev–Trinajstić information content (AvgIpc) is 2.81. The van der Waals surface area contributed by atoms with Gasteiger partial charge in [0.1, 0.15) is 0 Å². The maximum absolute atomic E-state index is 11.9. The molecule has 0 radical (unpaired) electrons. The van der Waals surface area contributed by atoms with Crippen LogP contribution in [0.25, 0.3) is 0 Å². The number of carbonyl (C=O) groups is 1. The Morgan fingerprint density at radius 3 is 2.08 bits per heavy atom. The first kappa shape index (κ1) is 24.2. The summed E-state index contributed by atoms with van der Waals surface area (Å²) in [6, 6.07) is 8.47. The minimum Gasteiger partial charge on any atom is -0.352 e. The van der Waals surface area contributed by atoms with E-state index >= 15 is 0 Å². The zero-order valence-corrected chi connectivity index (χ0v) is 17.0. The van der Waals surface area contributed by atoms with Crippen molar-refractivity contribution in [2.75, 3.05) is 13.1 Å². The predicted molar refractivity (Wildman–Crippen MR) is 109 cm³/mol. The van der Waals surface area contributed by atoms with E-state index in [4.69, 9.17) is 5.73 Å². The Labute approximate surface area is 164 Å². The Balaban J connectivity index is 0.00000288. The van der Waals surface area contributed by atoms with Crippen LogP contribution in [0.15, 0.2) is 24.3 Å². The van der Waals surface area contributed by atoms with E-state index in [1.54, 1.807) is 0 Å². The van der Waals surface area contributed by atoms with Crippen molar-refractivity contribution in [1.29, 1.82) is 0 Å². The number of hydrogen-bond donors (Lipinski definition) is 2. The number of halogens is 2. The molecule has 25 heavy (non-hydrogen) atoms. The van der Waals surface area contributed by atoms with Crippen molar-refractivity contribution in [2.24, 2.45) is 11.7 Å². The van der Waals surface area contributed by atoms with Gasteiger partial charge in [-0.2, -0.15) is 0 Å². The van der Waals surface area contributed by atoms with Gasteiger partial charge in [-0.25, -0.2) is 0 Å². The summed E-state index contributed by atoms with van der Waals surface area (Å²) in [7, 11) is 0. The largest absolute Gasteiger partial charge is 0.352 e. The van der Waals surface area contributed by atoms with Gasteiger partial charge in [0.2, 0.25) is 5.91 Å². The first-order valence-corrected chi connectivity index (χ1v) is 8.89. The zero-order chi connectivity index (χ0) is 16.7. The minimum absolute atomic E-state index is 0. The van der Waals surface area contributed by atoms with Gasteiger partial charge < -0.3 is 11.1 Å². The molecule has 144 valence electrons. The number of benzene rings is 1. The summed E-state index contributed by atoms with van der Waals surface area (Å²) in [6.45, 7) is 7.76. The number of nitrogens with one attached hydrogen (secondary N) is 1. The van der Waals surface area contributed by atoms with E-state index in [1.807, 2.05) is 13.8 Å². The molecule has 6 heteroatoms. The van der Waals surface area contributed by atoms with Gasteiger partial charge in [0.05, 0.1) is 0 Å². The van der Waals surface area contributed by atoms with Crippen LogP contribution in [0.3, 0.4) is 0 Å². The lowest BCUT2D eigenvalue weighted by atomic mass is 10.0. The van der Waals surface area contributed by atoms with Crippen LogP contribution < -0.4 is 11.1 Å². The summed E-state index contributed by atoms with van der Waals surface area (Å²) < 4.78 is 0. The summed E-state index contributed by atoms with van der Waals surface area (Å²) in [6.07, 6.45) is 5.38. The van der Waals surface area contributed by atoms with Crippen molar-refractivity contribution >= 4 is 30.7 Å². The molecule has 1 fully saturated rings. The molecule has 3 N–H and O–H groups in total. The summed E-state index contributed by atoms with van der Waals surface area (Å²) in [5, 5.41) is 2.96. The molecule has 1 amide bonds.